The molecule has 2 fully saturated rings. The van der Waals surface area contributed by atoms with Gasteiger partial charge in [-0.1, -0.05) is 6.58 Å². The van der Waals surface area contributed by atoms with Crippen LogP contribution in [0.25, 0.3) is 0 Å². The molecule has 3 atom stereocenters. The Morgan fingerprint density at radius 3 is 2.38 bits per heavy atom. The molecule has 2 saturated heterocycles. The number of alkyl halides is 5. The lowest BCUT2D eigenvalue weighted by molar-refractivity contribution is -0.429. The van der Waals surface area contributed by atoms with E-state index < -0.39 is 79.6 Å². The fraction of sp³-hybridized carbons (Fsp3) is 0.667. The predicted octanol–water partition coefficient (Wildman–Crippen LogP) is 1.57. The van der Waals surface area contributed by atoms with Crippen molar-refractivity contribution in [3.63, 3.8) is 0 Å². The van der Waals surface area contributed by atoms with Crippen molar-refractivity contribution in [1.82, 2.24) is 0 Å². The van der Waals surface area contributed by atoms with Crippen LogP contribution in [0.15, 0.2) is 12.4 Å². The van der Waals surface area contributed by atoms with Crippen LogP contribution in [0.3, 0.4) is 0 Å². The summed E-state index contributed by atoms with van der Waals surface area (Å²) in [5.74, 6) is -16.7. The van der Waals surface area contributed by atoms with Crippen LogP contribution in [-0.4, -0.2) is 67.3 Å². The first-order chi connectivity index (χ1) is 13.2. The summed E-state index contributed by atoms with van der Waals surface area (Å²) in [4.78, 5) is 33.9. The monoisotopic (exact) mass is 436 g/mol. The number of ether oxygens (including phenoxy) is 5. The van der Waals surface area contributed by atoms with Crippen LogP contribution in [0, 0.1) is 0 Å². The summed E-state index contributed by atoms with van der Waals surface area (Å²) < 4.78 is 106. The van der Waals surface area contributed by atoms with Crippen molar-refractivity contribution in [2.24, 2.45) is 0 Å². The van der Waals surface area contributed by atoms with Gasteiger partial charge < -0.3 is 23.7 Å². The van der Waals surface area contributed by atoms with Gasteiger partial charge in [-0.15, -0.1) is 0 Å². The third-order valence-electron chi connectivity index (χ3n) is 4.08. The molecule has 0 aromatic rings. The number of hydrogen-bond acceptors (Lipinski definition) is 8. The molecule has 0 amide bonds. The van der Waals surface area contributed by atoms with Crippen molar-refractivity contribution in [2.45, 2.75) is 42.9 Å². The SMILES string of the molecule is C=C(F)C(=O)OC1(COC(C)=O)COC(OC2CCOC2=O)(C(F)(F)F)C1(F)F. The average Bonchev–Trinajstić information content (AvgIpc) is 3.07. The van der Waals surface area contributed by atoms with E-state index in [9.17, 15) is 31.9 Å². The summed E-state index contributed by atoms with van der Waals surface area (Å²) in [5, 5.41) is 0. The van der Waals surface area contributed by atoms with Gasteiger partial charge in [-0.3, -0.25) is 4.79 Å². The van der Waals surface area contributed by atoms with Gasteiger partial charge >= 0.3 is 35.8 Å². The molecule has 2 rings (SSSR count). The van der Waals surface area contributed by atoms with Gasteiger partial charge in [0.1, 0.15) is 13.2 Å². The lowest BCUT2D eigenvalue weighted by Crippen LogP contribution is -2.67. The van der Waals surface area contributed by atoms with Crippen LogP contribution >= 0.6 is 0 Å². The molecular formula is C15H14F6O8. The Hall–Kier alpha value is -2.35. The molecule has 0 aromatic carbocycles. The van der Waals surface area contributed by atoms with Crippen molar-refractivity contribution in [3.8, 4) is 0 Å². The number of esters is 3. The highest BCUT2D eigenvalue weighted by Gasteiger charge is 2.86. The Bertz CT molecular complexity index is 722. The largest absolute Gasteiger partial charge is 0.464 e. The Labute approximate surface area is 158 Å². The normalized spacial score (nSPS) is 31.3. The van der Waals surface area contributed by atoms with Gasteiger partial charge in [-0.2, -0.15) is 26.3 Å². The molecule has 0 bridgehead atoms. The number of cyclic esters (lactones) is 1. The van der Waals surface area contributed by atoms with Crippen molar-refractivity contribution in [2.75, 3.05) is 19.8 Å². The first kappa shape index (κ1) is 22.9. The van der Waals surface area contributed by atoms with Gasteiger partial charge in [0, 0.05) is 13.3 Å². The third-order valence-corrected chi connectivity index (χ3v) is 4.08. The number of hydrogen-bond donors (Lipinski definition) is 0. The molecule has 2 aliphatic heterocycles. The number of halogens is 6. The lowest BCUT2D eigenvalue weighted by atomic mass is 9.92. The number of rotatable bonds is 6. The summed E-state index contributed by atoms with van der Waals surface area (Å²) in [7, 11) is 0. The van der Waals surface area contributed by atoms with Gasteiger partial charge in [0.2, 0.25) is 11.4 Å². The Morgan fingerprint density at radius 1 is 1.31 bits per heavy atom. The first-order valence-electron chi connectivity index (χ1n) is 7.83. The second-order valence-electron chi connectivity index (χ2n) is 6.11. The van der Waals surface area contributed by atoms with E-state index in [1.54, 1.807) is 0 Å². The van der Waals surface area contributed by atoms with E-state index in [4.69, 9.17) is 0 Å². The van der Waals surface area contributed by atoms with Crippen molar-refractivity contribution >= 4 is 17.9 Å². The van der Waals surface area contributed by atoms with Crippen LogP contribution in [0.5, 0.6) is 0 Å². The minimum absolute atomic E-state index is 0.391. The zero-order valence-electron chi connectivity index (χ0n) is 14.6. The maximum absolute atomic E-state index is 15.2. The molecule has 0 spiro atoms. The van der Waals surface area contributed by atoms with E-state index in [-0.39, 0.29) is 0 Å². The van der Waals surface area contributed by atoms with Crippen molar-refractivity contribution < 1.29 is 64.4 Å². The average molecular weight is 436 g/mol. The molecule has 0 aliphatic carbocycles. The molecule has 0 aromatic heterocycles. The third kappa shape index (κ3) is 3.77. The van der Waals surface area contributed by atoms with Gasteiger partial charge in [-0.25, -0.2) is 9.59 Å². The topological polar surface area (TPSA) is 97.4 Å². The molecular weight excluding hydrogens is 422 g/mol. The Kier molecular flexibility index (Phi) is 5.91. The van der Waals surface area contributed by atoms with Crippen LogP contribution in [0.4, 0.5) is 26.3 Å². The number of carbonyl (C=O) groups excluding carboxylic acids is 3. The zero-order chi connectivity index (χ0) is 22.3. The van der Waals surface area contributed by atoms with Crippen molar-refractivity contribution in [1.29, 1.82) is 0 Å². The minimum atomic E-state index is -5.98. The molecule has 0 radical (unpaired) electrons. The molecule has 0 N–H and O–H groups in total. The van der Waals surface area contributed by atoms with Crippen LogP contribution < -0.4 is 0 Å². The minimum Gasteiger partial charge on any atom is -0.464 e. The second kappa shape index (κ2) is 7.48. The van der Waals surface area contributed by atoms with E-state index in [1.165, 1.54) is 0 Å². The smallest absolute Gasteiger partial charge is 0.450 e. The van der Waals surface area contributed by atoms with Crippen LogP contribution in [-0.2, 0) is 38.1 Å². The molecule has 164 valence electrons. The van der Waals surface area contributed by atoms with Crippen LogP contribution in [0.1, 0.15) is 13.3 Å². The number of carbonyl (C=O) groups is 3. The standard InChI is InChI=1S/C15H14F6O8/c1-7(16)10(23)29-12(5-26-8(2)22)6-27-14(13(12,17)18,15(19,20)21)28-9-3-4-25-11(9)24/h9H,1,3-6H2,2H3. The maximum atomic E-state index is 15.2. The van der Waals surface area contributed by atoms with E-state index in [1.807, 2.05) is 0 Å². The molecule has 14 heteroatoms. The Balaban J connectivity index is 2.53. The summed E-state index contributed by atoms with van der Waals surface area (Å²) in [6, 6.07) is 0. The van der Waals surface area contributed by atoms with E-state index >= 15 is 8.78 Å². The van der Waals surface area contributed by atoms with E-state index in [2.05, 4.69) is 30.3 Å². The molecule has 2 aliphatic rings. The first-order valence-corrected chi connectivity index (χ1v) is 7.83. The van der Waals surface area contributed by atoms with Gasteiger partial charge in [-0.05, 0) is 0 Å². The van der Waals surface area contributed by atoms with Gasteiger partial charge in [0.25, 0.3) is 0 Å². The lowest BCUT2D eigenvalue weighted by Gasteiger charge is -2.40. The summed E-state index contributed by atoms with van der Waals surface area (Å²) in [6.07, 6.45) is -8.54. The van der Waals surface area contributed by atoms with E-state index in [0.29, 0.717) is 0 Å². The fourth-order valence-corrected chi connectivity index (χ4v) is 2.63. The summed E-state index contributed by atoms with van der Waals surface area (Å²) in [6.45, 7) is -0.504. The fourth-order valence-electron chi connectivity index (χ4n) is 2.63. The maximum Gasteiger partial charge on any atom is 0.450 e. The zero-order valence-corrected chi connectivity index (χ0v) is 14.6. The Morgan fingerprint density at radius 2 is 1.93 bits per heavy atom. The van der Waals surface area contributed by atoms with Crippen LogP contribution in [0.2, 0.25) is 0 Å². The van der Waals surface area contributed by atoms with E-state index in [0.717, 1.165) is 6.92 Å². The molecule has 3 unspecified atom stereocenters. The van der Waals surface area contributed by atoms with Gasteiger partial charge in [0.05, 0.1) is 6.61 Å². The second-order valence-corrected chi connectivity index (χ2v) is 6.11. The highest BCUT2D eigenvalue weighted by atomic mass is 19.4. The molecule has 8 nitrogen and oxygen atoms in total. The predicted molar refractivity (Wildman–Crippen MR) is 75.8 cm³/mol. The molecule has 2 heterocycles. The van der Waals surface area contributed by atoms with Gasteiger partial charge in [0.15, 0.2) is 6.10 Å². The molecule has 29 heavy (non-hydrogen) atoms. The highest BCUT2D eigenvalue weighted by molar-refractivity contribution is 5.85. The summed E-state index contributed by atoms with van der Waals surface area (Å²) >= 11 is 0. The highest BCUT2D eigenvalue weighted by Crippen LogP contribution is 2.57. The summed E-state index contributed by atoms with van der Waals surface area (Å²) in [5.41, 5.74) is -3.64. The quantitative estimate of drug-likeness (QED) is 0.268. The van der Waals surface area contributed by atoms with Crippen molar-refractivity contribution in [3.05, 3.63) is 12.4 Å². The molecule has 0 saturated carbocycles.